The Bertz CT molecular complexity index is 955. The van der Waals surface area contributed by atoms with Crippen LogP contribution in [0, 0.1) is 0 Å². The fourth-order valence-electron chi connectivity index (χ4n) is 1.72. The van der Waals surface area contributed by atoms with Gasteiger partial charge in [-0.2, -0.15) is 8.42 Å². The molecule has 1 aromatic carbocycles. The van der Waals surface area contributed by atoms with Crippen molar-refractivity contribution in [1.29, 1.82) is 0 Å². The Hall–Kier alpha value is -1.02. The Labute approximate surface area is 128 Å². The van der Waals surface area contributed by atoms with Crippen LogP contribution in [0.25, 0.3) is 0 Å². The van der Waals surface area contributed by atoms with E-state index in [1.807, 2.05) is 0 Å². The van der Waals surface area contributed by atoms with Crippen molar-refractivity contribution in [3.05, 3.63) is 12.1 Å². The number of rotatable bonds is 4. The first-order valence-electron chi connectivity index (χ1n) is 5.22. The molecule has 0 fully saturated rings. The van der Waals surface area contributed by atoms with E-state index in [9.17, 15) is 33.7 Å². The van der Waals surface area contributed by atoms with Crippen molar-refractivity contribution in [3.8, 4) is 0 Å². The zero-order chi connectivity index (χ0) is 17.7. The second kappa shape index (κ2) is 5.26. The minimum atomic E-state index is -5.10. The molecule has 0 atom stereocenters. The largest absolute Gasteiger partial charge is 0.295 e. The minimum absolute atomic E-state index is 0.498. The van der Waals surface area contributed by atoms with Gasteiger partial charge in [0.25, 0.3) is 10.1 Å². The lowest BCUT2D eigenvalue weighted by atomic mass is 10.3. The summed E-state index contributed by atoms with van der Waals surface area (Å²) in [5.74, 6) is 0. The quantitative estimate of drug-likeness (QED) is 0.644. The fraction of sp³-hybridized carbons (Fsp3) is 0.333. The van der Waals surface area contributed by atoms with Gasteiger partial charge in [0, 0.05) is 18.8 Å². The van der Waals surface area contributed by atoms with Crippen LogP contribution >= 0.6 is 0 Å². The van der Waals surface area contributed by atoms with Gasteiger partial charge in [0.2, 0.25) is 0 Å². The van der Waals surface area contributed by atoms with Gasteiger partial charge >= 0.3 is 0 Å². The molecule has 1 rings (SSSR count). The summed E-state index contributed by atoms with van der Waals surface area (Å²) in [7, 11) is -18.2. The van der Waals surface area contributed by atoms with E-state index in [1.54, 1.807) is 0 Å². The Morgan fingerprint density at radius 2 is 0.955 bits per heavy atom. The summed E-state index contributed by atoms with van der Waals surface area (Å²) in [6, 6.07) is 1.14. The van der Waals surface area contributed by atoms with Gasteiger partial charge in [0.1, 0.15) is 14.7 Å². The maximum Gasteiger partial charge on any atom is 0.295 e. The molecule has 0 radical (unpaired) electrons. The Kier molecular flexibility index (Phi) is 4.55. The van der Waals surface area contributed by atoms with Gasteiger partial charge in [0.05, 0.1) is 4.90 Å². The highest BCUT2D eigenvalue weighted by Crippen LogP contribution is 2.33. The van der Waals surface area contributed by atoms with Gasteiger partial charge in [-0.1, -0.05) is 0 Å². The molecule has 0 heterocycles. The van der Waals surface area contributed by atoms with Crippen LogP contribution in [0.2, 0.25) is 0 Å². The second-order valence-corrected chi connectivity index (χ2v) is 11.8. The molecule has 13 heteroatoms. The molecule has 1 aromatic rings. The van der Waals surface area contributed by atoms with E-state index < -0.39 is 59.2 Å². The summed E-state index contributed by atoms with van der Waals surface area (Å²) < 4.78 is 102. The standard InChI is InChI=1S/C9H12O9S4/c1-19(10,11)6-4-5-7(22(16,17)18)9(21(3,14)15)8(6)20(2,12)13/h4-5H,1-3H3,(H,16,17,18). The molecule has 9 nitrogen and oxygen atoms in total. The number of benzene rings is 1. The number of sulfone groups is 3. The average Bonchev–Trinajstić information content (AvgIpc) is 2.22. The highest BCUT2D eigenvalue weighted by molar-refractivity contribution is 7.96. The first-order chi connectivity index (χ1) is 9.47. The van der Waals surface area contributed by atoms with Gasteiger partial charge in [0.15, 0.2) is 29.5 Å². The van der Waals surface area contributed by atoms with E-state index in [0.717, 1.165) is 0 Å². The highest BCUT2D eigenvalue weighted by Gasteiger charge is 2.34. The highest BCUT2D eigenvalue weighted by atomic mass is 32.2. The molecule has 126 valence electrons. The lowest BCUT2D eigenvalue weighted by molar-refractivity contribution is 0.478. The van der Waals surface area contributed by atoms with Crippen LogP contribution in [0.5, 0.6) is 0 Å². The zero-order valence-corrected chi connectivity index (χ0v) is 14.8. The maximum absolute atomic E-state index is 11.8. The summed E-state index contributed by atoms with van der Waals surface area (Å²) >= 11 is 0. The van der Waals surface area contributed by atoms with Crippen molar-refractivity contribution >= 4 is 39.6 Å². The van der Waals surface area contributed by atoms with E-state index >= 15 is 0 Å². The van der Waals surface area contributed by atoms with Crippen LogP contribution < -0.4 is 0 Å². The fourth-order valence-corrected chi connectivity index (χ4v) is 7.53. The SMILES string of the molecule is CS(=O)(=O)c1ccc(S(=O)(=O)O)c(S(C)(=O)=O)c1S(C)(=O)=O. The molecule has 0 aliphatic heterocycles. The van der Waals surface area contributed by atoms with Gasteiger partial charge in [-0.05, 0) is 12.1 Å². The molecule has 0 saturated carbocycles. The van der Waals surface area contributed by atoms with Gasteiger partial charge in [-0.15, -0.1) is 0 Å². The van der Waals surface area contributed by atoms with E-state index in [4.69, 9.17) is 4.55 Å². The van der Waals surface area contributed by atoms with Crippen molar-refractivity contribution in [2.24, 2.45) is 0 Å². The molecule has 0 saturated heterocycles. The van der Waals surface area contributed by atoms with Crippen molar-refractivity contribution in [1.82, 2.24) is 0 Å². The smallest absolute Gasteiger partial charge is 0.282 e. The van der Waals surface area contributed by atoms with E-state index in [1.165, 1.54) is 0 Å². The van der Waals surface area contributed by atoms with Crippen molar-refractivity contribution in [2.45, 2.75) is 19.6 Å². The first kappa shape index (κ1) is 19.0. The summed E-state index contributed by atoms with van der Waals surface area (Å²) in [5.41, 5.74) is 0. The monoisotopic (exact) mass is 392 g/mol. The molecule has 0 amide bonds. The predicted molar refractivity (Wildman–Crippen MR) is 75.6 cm³/mol. The second-order valence-electron chi connectivity index (χ2n) is 4.51. The van der Waals surface area contributed by atoms with Crippen LogP contribution in [0.3, 0.4) is 0 Å². The Balaban J connectivity index is 4.41. The van der Waals surface area contributed by atoms with Crippen LogP contribution in [0.1, 0.15) is 0 Å². The van der Waals surface area contributed by atoms with Crippen molar-refractivity contribution in [2.75, 3.05) is 18.8 Å². The van der Waals surface area contributed by atoms with E-state index in [2.05, 4.69) is 0 Å². The molecule has 0 unspecified atom stereocenters. The predicted octanol–water partition coefficient (Wildman–Crippen LogP) is -0.856. The van der Waals surface area contributed by atoms with Gasteiger partial charge in [-0.3, -0.25) is 4.55 Å². The first-order valence-corrected chi connectivity index (χ1v) is 12.3. The third kappa shape index (κ3) is 3.84. The third-order valence-corrected chi connectivity index (χ3v) is 7.21. The van der Waals surface area contributed by atoms with E-state index in [-0.39, 0.29) is 0 Å². The Morgan fingerprint density at radius 1 is 0.636 bits per heavy atom. The van der Waals surface area contributed by atoms with Crippen molar-refractivity contribution < 1.29 is 38.2 Å². The zero-order valence-electron chi connectivity index (χ0n) is 11.5. The average molecular weight is 392 g/mol. The molecular weight excluding hydrogens is 380 g/mol. The Morgan fingerprint density at radius 3 is 1.23 bits per heavy atom. The van der Waals surface area contributed by atoms with E-state index in [0.29, 0.717) is 30.9 Å². The summed E-state index contributed by atoms with van der Waals surface area (Å²) in [6.07, 6.45) is 1.66. The number of hydrogen-bond donors (Lipinski definition) is 1. The van der Waals surface area contributed by atoms with Crippen LogP contribution in [-0.2, 0) is 39.6 Å². The van der Waals surface area contributed by atoms with Gasteiger partial charge in [-0.25, -0.2) is 25.3 Å². The third-order valence-electron chi connectivity index (χ3n) is 2.46. The molecule has 1 N–H and O–H groups in total. The molecule has 0 bridgehead atoms. The molecule has 0 aromatic heterocycles. The minimum Gasteiger partial charge on any atom is -0.282 e. The van der Waals surface area contributed by atoms with Crippen LogP contribution in [0.15, 0.2) is 31.7 Å². The van der Waals surface area contributed by atoms with Crippen LogP contribution in [-0.4, -0.2) is 57.0 Å². The molecule has 22 heavy (non-hydrogen) atoms. The molecular formula is C9H12O9S4. The normalized spacial score (nSPS) is 14.0. The summed E-state index contributed by atoms with van der Waals surface area (Å²) in [6.45, 7) is 0. The molecule has 0 aliphatic carbocycles. The lowest BCUT2D eigenvalue weighted by Gasteiger charge is -2.14. The van der Waals surface area contributed by atoms with Crippen LogP contribution in [0.4, 0.5) is 0 Å². The van der Waals surface area contributed by atoms with Crippen molar-refractivity contribution in [3.63, 3.8) is 0 Å². The summed E-state index contributed by atoms with van der Waals surface area (Å²) in [4.78, 5) is -4.54. The summed E-state index contributed by atoms with van der Waals surface area (Å²) in [5, 5.41) is 0. The van der Waals surface area contributed by atoms with Gasteiger partial charge < -0.3 is 0 Å². The topological polar surface area (TPSA) is 157 Å². The maximum atomic E-state index is 11.8. The molecule has 0 spiro atoms. The molecule has 0 aliphatic rings. The number of hydrogen-bond acceptors (Lipinski definition) is 8. The lowest BCUT2D eigenvalue weighted by Crippen LogP contribution is -2.17.